The first-order valence-electron chi connectivity index (χ1n) is 5.69. The van der Waals surface area contributed by atoms with E-state index in [0.29, 0.717) is 5.41 Å². The normalized spacial score (nSPS) is 18.8. The first-order chi connectivity index (χ1) is 7.24. The van der Waals surface area contributed by atoms with E-state index in [0.717, 1.165) is 10.9 Å². The molecule has 1 nitrogen and oxygen atoms in total. The second-order valence-corrected chi connectivity index (χ2v) is 6.32. The lowest BCUT2D eigenvalue weighted by atomic mass is 9.67. The third-order valence-electron chi connectivity index (χ3n) is 3.59. The minimum absolute atomic E-state index is 0.612. The molecule has 84 valence electrons. The summed E-state index contributed by atoms with van der Waals surface area (Å²) in [7, 11) is 0. The second-order valence-electron chi connectivity index (χ2n) is 4.52. The average Bonchev–Trinajstić information content (AvgIpc) is 2.56. The number of hydrogen-bond donors (Lipinski definition) is 1. The molecule has 0 aliphatic heterocycles. The summed E-state index contributed by atoms with van der Waals surface area (Å²) in [5, 5.41) is 3.56. The zero-order valence-corrected chi connectivity index (χ0v) is 10.8. The molecule has 0 radical (unpaired) electrons. The minimum Gasteiger partial charge on any atom is -0.311 e. The van der Waals surface area contributed by atoms with E-state index in [1.807, 2.05) is 6.07 Å². The molecule has 0 aromatic carbocycles. The zero-order valence-electron chi connectivity index (χ0n) is 9.18. The van der Waals surface area contributed by atoms with Gasteiger partial charge in [0.2, 0.25) is 0 Å². The summed E-state index contributed by atoms with van der Waals surface area (Å²) >= 11 is 7.56. The zero-order chi connectivity index (χ0) is 10.7. The lowest BCUT2D eigenvalue weighted by Crippen LogP contribution is -2.39. The molecule has 0 unspecified atom stereocenters. The molecule has 0 spiro atoms. The van der Waals surface area contributed by atoms with E-state index >= 15 is 0 Å². The van der Waals surface area contributed by atoms with Gasteiger partial charge in [-0.1, -0.05) is 24.9 Å². The SMILES string of the molecule is CCC1(CNCc2ccc(Cl)s2)CCC1. The summed E-state index contributed by atoms with van der Waals surface area (Å²) in [5.74, 6) is 0. The van der Waals surface area contributed by atoms with Crippen LogP contribution in [0.3, 0.4) is 0 Å². The van der Waals surface area contributed by atoms with Gasteiger partial charge in [-0.2, -0.15) is 0 Å². The van der Waals surface area contributed by atoms with Crippen molar-refractivity contribution in [2.45, 2.75) is 39.2 Å². The van der Waals surface area contributed by atoms with E-state index in [9.17, 15) is 0 Å². The molecule has 0 bridgehead atoms. The Bertz CT molecular complexity index is 312. The first kappa shape index (κ1) is 11.4. The van der Waals surface area contributed by atoms with Crippen LogP contribution >= 0.6 is 22.9 Å². The predicted octanol–water partition coefficient (Wildman–Crippen LogP) is 4.07. The van der Waals surface area contributed by atoms with Gasteiger partial charge in [0, 0.05) is 18.0 Å². The highest BCUT2D eigenvalue weighted by Crippen LogP contribution is 2.43. The van der Waals surface area contributed by atoms with E-state index in [4.69, 9.17) is 11.6 Å². The smallest absolute Gasteiger partial charge is 0.0931 e. The fraction of sp³-hybridized carbons (Fsp3) is 0.667. The van der Waals surface area contributed by atoms with E-state index in [1.165, 1.54) is 37.1 Å². The number of halogens is 1. The van der Waals surface area contributed by atoms with Gasteiger partial charge in [0.25, 0.3) is 0 Å². The molecule has 3 heteroatoms. The summed E-state index contributed by atoms with van der Waals surface area (Å²) in [5.41, 5.74) is 0.612. The fourth-order valence-corrected chi connectivity index (χ4v) is 3.29. The van der Waals surface area contributed by atoms with Crippen LogP contribution in [-0.2, 0) is 6.54 Å². The molecular weight excluding hydrogens is 226 g/mol. The lowest BCUT2D eigenvalue weighted by Gasteiger charge is -2.41. The molecule has 1 aliphatic rings. The van der Waals surface area contributed by atoms with Crippen molar-refractivity contribution >= 4 is 22.9 Å². The number of rotatable bonds is 5. The minimum atomic E-state index is 0.612. The van der Waals surface area contributed by atoms with Crippen LogP contribution in [0.15, 0.2) is 12.1 Å². The Morgan fingerprint density at radius 3 is 2.73 bits per heavy atom. The van der Waals surface area contributed by atoms with Crippen molar-refractivity contribution in [3.8, 4) is 0 Å². The Morgan fingerprint density at radius 1 is 1.47 bits per heavy atom. The van der Waals surface area contributed by atoms with Gasteiger partial charge in [0.15, 0.2) is 0 Å². The van der Waals surface area contributed by atoms with Crippen LogP contribution in [0.2, 0.25) is 4.34 Å². The molecular formula is C12H18ClNS. The number of thiophene rings is 1. The quantitative estimate of drug-likeness (QED) is 0.822. The van der Waals surface area contributed by atoms with Crippen LogP contribution in [0.4, 0.5) is 0 Å². The molecule has 1 aliphatic carbocycles. The molecule has 0 amide bonds. The monoisotopic (exact) mass is 243 g/mol. The van der Waals surface area contributed by atoms with Crippen LogP contribution in [-0.4, -0.2) is 6.54 Å². The van der Waals surface area contributed by atoms with Crippen molar-refractivity contribution < 1.29 is 0 Å². The van der Waals surface area contributed by atoms with E-state index in [-0.39, 0.29) is 0 Å². The van der Waals surface area contributed by atoms with Crippen LogP contribution in [0.5, 0.6) is 0 Å². The van der Waals surface area contributed by atoms with Crippen LogP contribution < -0.4 is 5.32 Å². The molecule has 1 aromatic heterocycles. The van der Waals surface area contributed by atoms with Gasteiger partial charge < -0.3 is 5.32 Å². The Labute approximate surface area is 101 Å². The Hall–Kier alpha value is -0.0500. The van der Waals surface area contributed by atoms with Gasteiger partial charge in [0.05, 0.1) is 4.34 Å². The lowest BCUT2D eigenvalue weighted by molar-refractivity contribution is 0.124. The van der Waals surface area contributed by atoms with Gasteiger partial charge in [-0.3, -0.25) is 0 Å². The third-order valence-corrected chi connectivity index (χ3v) is 4.82. The number of nitrogens with one attached hydrogen (secondary N) is 1. The van der Waals surface area contributed by atoms with Gasteiger partial charge in [-0.25, -0.2) is 0 Å². The van der Waals surface area contributed by atoms with Crippen molar-refractivity contribution in [3.63, 3.8) is 0 Å². The second kappa shape index (κ2) is 4.86. The van der Waals surface area contributed by atoms with Crippen molar-refractivity contribution in [1.29, 1.82) is 0 Å². The highest BCUT2D eigenvalue weighted by Gasteiger charge is 2.34. The Morgan fingerprint density at radius 2 is 2.27 bits per heavy atom. The molecule has 15 heavy (non-hydrogen) atoms. The van der Waals surface area contributed by atoms with E-state index in [1.54, 1.807) is 11.3 Å². The largest absolute Gasteiger partial charge is 0.311 e. The standard InChI is InChI=1S/C12H18ClNS/c1-2-12(6-3-7-12)9-14-8-10-4-5-11(13)15-10/h4-5,14H,2-3,6-9H2,1H3. The van der Waals surface area contributed by atoms with Crippen LogP contribution in [0.25, 0.3) is 0 Å². The first-order valence-corrected chi connectivity index (χ1v) is 6.88. The fourth-order valence-electron chi connectivity index (χ4n) is 2.23. The molecule has 1 N–H and O–H groups in total. The maximum atomic E-state index is 5.89. The summed E-state index contributed by atoms with van der Waals surface area (Å²) < 4.78 is 0.889. The highest BCUT2D eigenvalue weighted by atomic mass is 35.5. The molecule has 1 fully saturated rings. The van der Waals surface area contributed by atoms with E-state index < -0.39 is 0 Å². The maximum absolute atomic E-state index is 5.89. The highest BCUT2D eigenvalue weighted by molar-refractivity contribution is 7.16. The predicted molar refractivity (Wildman–Crippen MR) is 67.6 cm³/mol. The maximum Gasteiger partial charge on any atom is 0.0931 e. The Kier molecular flexibility index (Phi) is 3.70. The molecule has 0 saturated heterocycles. The van der Waals surface area contributed by atoms with Crippen molar-refractivity contribution in [2.24, 2.45) is 5.41 Å². The van der Waals surface area contributed by atoms with E-state index in [2.05, 4.69) is 18.3 Å². The third kappa shape index (κ3) is 2.74. The summed E-state index contributed by atoms with van der Waals surface area (Å²) in [6.45, 7) is 4.45. The number of hydrogen-bond acceptors (Lipinski definition) is 2. The summed E-state index contributed by atoms with van der Waals surface area (Å²) in [4.78, 5) is 1.34. The van der Waals surface area contributed by atoms with Crippen LogP contribution in [0.1, 0.15) is 37.5 Å². The van der Waals surface area contributed by atoms with Gasteiger partial charge >= 0.3 is 0 Å². The summed E-state index contributed by atoms with van der Waals surface area (Å²) in [6.07, 6.45) is 5.54. The molecule has 1 heterocycles. The topological polar surface area (TPSA) is 12.0 Å². The van der Waals surface area contributed by atoms with Gasteiger partial charge in [0.1, 0.15) is 0 Å². The van der Waals surface area contributed by atoms with Crippen LogP contribution in [0, 0.1) is 5.41 Å². The molecule has 1 aromatic rings. The Balaban J connectivity index is 1.74. The molecule has 0 atom stereocenters. The van der Waals surface area contributed by atoms with Gasteiger partial charge in [-0.05, 0) is 36.8 Å². The van der Waals surface area contributed by atoms with Crippen molar-refractivity contribution in [1.82, 2.24) is 5.32 Å². The molecule has 2 rings (SSSR count). The van der Waals surface area contributed by atoms with Gasteiger partial charge in [-0.15, -0.1) is 11.3 Å². The summed E-state index contributed by atoms with van der Waals surface area (Å²) in [6, 6.07) is 4.08. The molecule has 1 saturated carbocycles. The average molecular weight is 244 g/mol. The van der Waals surface area contributed by atoms with Crippen molar-refractivity contribution in [2.75, 3.05) is 6.54 Å². The van der Waals surface area contributed by atoms with Crippen molar-refractivity contribution in [3.05, 3.63) is 21.3 Å².